The molecule has 2 aromatic carbocycles. The highest BCUT2D eigenvalue weighted by atomic mass is 32.1. The van der Waals surface area contributed by atoms with Gasteiger partial charge in [-0.05, 0) is 46.8 Å². The zero-order chi connectivity index (χ0) is 19.8. The first kappa shape index (κ1) is 19.8. The smallest absolute Gasteiger partial charge is 0.220 e. The minimum Gasteiger partial charge on any atom is -0.489 e. The van der Waals surface area contributed by atoms with Gasteiger partial charge in [-0.3, -0.25) is 9.59 Å². The predicted octanol–water partition coefficient (Wildman–Crippen LogP) is 4.75. The first-order valence-electron chi connectivity index (χ1n) is 8.90. The average molecular weight is 397 g/mol. The van der Waals surface area contributed by atoms with Crippen LogP contribution in [-0.2, 0) is 17.9 Å². The van der Waals surface area contributed by atoms with Crippen molar-refractivity contribution in [2.45, 2.75) is 26.0 Å². The van der Waals surface area contributed by atoms with Crippen LogP contribution in [0, 0.1) is 5.82 Å². The van der Waals surface area contributed by atoms with Crippen LogP contribution in [0.15, 0.2) is 66.0 Å². The Morgan fingerprint density at radius 2 is 1.79 bits per heavy atom. The van der Waals surface area contributed by atoms with E-state index < -0.39 is 0 Å². The fraction of sp³-hybridized carbons (Fsp3) is 0.182. The van der Waals surface area contributed by atoms with Crippen LogP contribution in [-0.4, -0.2) is 11.7 Å². The predicted molar refractivity (Wildman–Crippen MR) is 107 cm³/mol. The zero-order valence-electron chi connectivity index (χ0n) is 15.2. The highest BCUT2D eigenvalue weighted by Gasteiger charge is 2.10. The molecule has 1 aromatic heterocycles. The van der Waals surface area contributed by atoms with Crippen LogP contribution >= 0.6 is 11.3 Å². The Bertz CT molecular complexity index is 923. The zero-order valence-corrected chi connectivity index (χ0v) is 16.0. The molecule has 0 saturated heterocycles. The van der Waals surface area contributed by atoms with Crippen LogP contribution in [0.4, 0.5) is 4.39 Å². The number of benzene rings is 2. The van der Waals surface area contributed by atoms with Gasteiger partial charge in [-0.25, -0.2) is 4.39 Å². The molecule has 28 heavy (non-hydrogen) atoms. The van der Waals surface area contributed by atoms with Gasteiger partial charge in [0.2, 0.25) is 5.91 Å². The maximum Gasteiger partial charge on any atom is 0.220 e. The second-order valence-electron chi connectivity index (χ2n) is 6.24. The van der Waals surface area contributed by atoms with Gasteiger partial charge in [-0.2, -0.15) is 0 Å². The lowest BCUT2D eigenvalue weighted by Crippen LogP contribution is -2.23. The largest absolute Gasteiger partial charge is 0.489 e. The van der Waals surface area contributed by atoms with Gasteiger partial charge in [0.1, 0.15) is 18.2 Å². The van der Waals surface area contributed by atoms with E-state index in [9.17, 15) is 14.0 Å². The molecule has 0 atom stereocenters. The fourth-order valence-electron chi connectivity index (χ4n) is 2.57. The lowest BCUT2D eigenvalue weighted by atomic mass is 10.1. The Morgan fingerprint density at radius 3 is 2.50 bits per heavy atom. The molecule has 0 aliphatic rings. The fourth-order valence-corrected chi connectivity index (χ4v) is 3.27. The maximum atomic E-state index is 13.2. The molecular weight excluding hydrogens is 377 g/mol. The Balaban J connectivity index is 1.40. The lowest BCUT2D eigenvalue weighted by molar-refractivity contribution is -0.121. The monoisotopic (exact) mass is 397 g/mol. The summed E-state index contributed by atoms with van der Waals surface area (Å²) in [5, 5.41) is 4.66. The quantitative estimate of drug-likeness (QED) is 0.531. The first-order valence-corrected chi connectivity index (χ1v) is 9.78. The van der Waals surface area contributed by atoms with E-state index in [4.69, 9.17) is 4.74 Å². The van der Waals surface area contributed by atoms with Gasteiger partial charge in [0, 0.05) is 19.4 Å². The van der Waals surface area contributed by atoms with Crippen molar-refractivity contribution in [3.05, 3.63) is 87.9 Å². The first-order chi connectivity index (χ1) is 13.6. The minimum atomic E-state index is -0.288. The third kappa shape index (κ3) is 6.03. The SMILES string of the molecule is O=C(CCC(=O)c1cccs1)NCc1ccc(OCc2cccc(F)c2)cc1. The van der Waals surface area contributed by atoms with Crippen LogP contribution < -0.4 is 10.1 Å². The molecule has 3 aromatic rings. The summed E-state index contributed by atoms with van der Waals surface area (Å²) in [5.41, 5.74) is 1.68. The van der Waals surface area contributed by atoms with Gasteiger partial charge >= 0.3 is 0 Å². The number of hydrogen-bond donors (Lipinski definition) is 1. The average Bonchev–Trinajstić information content (AvgIpc) is 3.25. The van der Waals surface area contributed by atoms with E-state index in [1.165, 1.54) is 23.5 Å². The number of carbonyl (C=O) groups excluding carboxylic acids is 2. The Hall–Kier alpha value is -2.99. The number of amides is 1. The van der Waals surface area contributed by atoms with Crippen LogP contribution in [0.25, 0.3) is 0 Å². The third-order valence-electron chi connectivity index (χ3n) is 4.08. The number of ether oxygens (including phenoxy) is 1. The van der Waals surface area contributed by atoms with Crippen molar-refractivity contribution < 1.29 is 18.7 Å². The third-order valence-corrected chi connectivity index (χ3v) is 4.99. The molecule has 6 heteroatoms. The molecule has 0 spiro atoms. The number of ketones is 1. The van der Waals surface area contributed by atoms with Crippen molar-refractivity contribution in [3.63, 3.8) is 0 Å². The summed E-state index contributed by atoms with van der Waals surface area (Å²) in [4.78, 5) is 24.5. The summed E-state index contributed by atoms with van der Waals surface area (Å²) in [5.74, 6) is 0.214. The second kappa shape index (κ2) is 9.80. The van der Waals surface area contributed by atoms with E-state index in [1.54, 1.807) is 30.3 Å². The summed E-state index contributed by atoms with van der Waals surface area (Å²) in [6, 6.07) is 17.2. The van der Waals surface area contributed by atoms with Gasteiger partial charge in [0.15, 0.2) is 5.78 Å². The minimum absolute atomic E-state index is 0.00931. The Labute approximate surface area is 167 Å². The molecule has 1 N–H and O–H groups in total. The standard InChI is InChI=1S/C22H20FNO3S/c23-18-4-1-3-17(13-18)15-27-19-8-6-16(7-9-19)14-24-22(26)11-10-20(25)21-5-2-12-28-21/h1-9,12-13H,10-11,14-15H2,(H,24,26). The Morgan fingerprint density at radius 1 is 0.964 bits per heavy atom. The molecule has 0 aliphatic carbocycles. The van der Waals surface area contributed by atoms with Crippen molar-refractivity contribution in [2.75, 3.05) is 0 Å². The molecule has 1 heterocycles. The molecular formula is C22H20FNO3S. The summed E-state index contributed by atoms with van der Waals surface area (Å²) in [7, 11) is 0. The number of halogens is 1. The molecule has 3 rings (SSSR count). The Kier molecular flexibility index (Phi) is 6.92. The molecule has 0 fully saturated rings. The highest BCUT2D eigenvalue weighted by Crippen LogP contribution is 2.15. The molecule has 0 saturated carbocycles. The van der Waals surface area contributed by atoms with Gasteiger partial charge in [-0.15, -0.1) is 11.3 Å². The highest BCUT2D eigenvalue weighted by molar-refractivity contribution is 7.12. The topological polar surface area (TPSA) is 55.4 Å². The summed E-state index contributed by atoms with van der Waals surface area (Å²) >= 11 is 1.39. The second-order valence-corrected chi connectivity index (χ2v) is 7.19. The van der Waals surface area contributed by atoms with Gasteiger partial charge in [0.25, 0.3) is 0 Å². The number of thiophene rings is 1. The van der Waals surface area contributed by atoms with Crippen LogP contribution in [0.2, 0.25) is 0 Å². The van der Waals surface area contributed by atoms with E-state index in [0.29, 0.717) is 17.2 Å². The maximum absolute atomic E-state index is 13.2. The number of carbonyl (C=O) groups is 2. The molecule has 144 valence electrons. The number of nitrogens with one attached hydrogen (secondary N) is 1. The molecule has 4 nitrogen and oxygen atoms in total. The molecule has 1 amide bonds. The van der Waals surface area contributed by atoms with Crippen molar-refractivity contribution in [1.82, 2.24) is 5.32 Å². The number of Topliss-reactive ketones (excluding diaryl/α,β-unsaturated/α-hetero) is 1. The molecule has 0 radical (unpaired) electrons. The molecule has 0 bridgehead atoms. The van der Waals surface area contributed by atoms with Crippen molar-refractivity contribution >= 4 is 23.0 Å². The lowest BCUT2D eigenvalue weighted by Gasteiger charge is -2.08. The van der Waals surface area contributed by atoms with Crippen molar-refractivity contribution in [1.29, 1.82) is 0 Å². The summed E-state index contributed by atoms with van der Waals surface area (Å²) in [6.07, 6.45) is 0.380. The number of hydrogen-bond acceptors (Lipinski definition) is 4. The molecule has 0 unspecified atom stereocenters. The van der Waals surface area contributed by atoms with E-state index in [2.05, 4.69) is 5.32 Å². The van der Waals surface area contributed by atoms with E-state index >= 15 is 0 Å². The van der Waals surface area contributed by atoms with E-state index in [0.717, 1.165) is 11.1 Å². The van der Waals surface area contributed by atoms with Crippen molar-refractivity contribution in [2.24, 2.45) is 0 Å². The molecule has 0 aliphatic heterocycles. The van der Waals surface area contributed by atoms with Gasteiger partial charge in [0.05, 0.1) is 4.88 Å². The van der Waals surface area contributed by atoms with Crippen molar-refractivity contribution in [3.8, 4) is 5.75 Å². The summed E-state index contributed by atoms with van der Waals surface area (Å²) in [6.45, 7) is 0.669. The van der Waals surface area contributed by atoms with E-state index in [1.807, 2.05) is 23.6 Å². The van der Waals surface area contributed by atoms with Crippen LogP contribution in [0.3, 0.4) is 0 Å². The normalized spacial score (nSPS) is 10.5. The summed E-state index contributed by atoms with van der Waals surface area (Å²) < 4.78 is 18.8. The van der Waals surface area contributed by atoms with E-state index in [-0.39, 0.29) is 37.0 Å². The van der Waals surface area contributed by atoms with Crippen LogP contribution in [0.5, 0.6) is 5.75 Å². The van der Waals surface area contributed by atoms with Gasteiger partial charge < -0.3 is 10.1 Å². The van der Waals surface area contributed by atoms with Crippen LogP contribution in [0.1, 0.15) is 33.6 Å². The number of rotatable bonds is 9. The van der Waals surface area contributed by atoms with Gasteiger partial charge in [-0.1, -0.05) is 30.3 Å².